The molecule has 2 aliphatic rings. The van der Waals surface area contributed by atoms with Crippen molar-refractivity contribution < 1.29 is 34.3 Å². The van der Waals surface area contributed by atoms with Crippen LogP contribution in [0.4, 0.5) is 10.6 Å². The third-order valence-corrected chi connectivity index (χ3v) is 6.97. The number of carbonyl (C=O) groups is 1. The first-order chi connectivity index (χ1) is 18.9. The highest BCUT2D eigenvalue weighted by Gasteiger charge is 2.44. The standard InChI is InChI=1S/C26H30N6O7/c1-37-16-6-2-3-7-17(16)39-26(36)31-11-9-15(10-12-31)5-4-8-19-29-23(27)20-24(30-19)32(14-28-20)25-22(35)21(34)18(13-33)38-25/h2-3,6-7,14-15,18,21-22,25,33-35H,5,9-13H2,1H3,(H2,27,29,30)/t18-,21?,22?,25-/m1/s1. The fourth-order valence-corrected chi connectivity index (χ4v) is 4.75. The number of aliphatic hydroxyl groups excluding tert-OH is 3. The van der Waals surface area contributed by atoms with Crippen LogP contribution in [0, 0.1) is 17.8 Å². The number of nitrogens with two attached hydrogens (primary N) is 1. The molecule has 5 rings (SSSR count). The second-order valence-electron chi connectivity index (χ2n) is 9.44. The van der Waals surface area contributed by atoms with Gasteiger partial charge in [0, 0.05) is 19.5 Å². The molecule has 2 aromatic heterocycles. The first-order valence-corrected chi connectivity index (χ1v) is 12.6. The van der Waals surface area contributed by atoms with Gasteiger partial charge in [-0.25, -0.2) is 19.7 Å². The molecule has 0 aliphatic carbocycles. The van der Waals surface area contributed by atoms with Gasteiger partial charge in [0.1, 0.15) is 23.8 Å². The van der Waals surface area contributed by atoms with Crippen molar-refractivity contribution in [3.8, 4) is 23.3 Å². The smallest absolute Gasteiger partial charge is 0.415 e. The molecule has 2 aliphatic heterocycles. The van der Waals surface area contributed by atoms with E-state index in [1.165, 1.54) is 18.0 Å². The van der Waals surface area contributed by atoms with Gasteiger partial charge in [0.2, 0.25) is 5.82 Å². The van der Waals surface area contributed by atoms with Crippen LogP contribution in [0.2, 0.25) is 0 Å². The van der Waals surface area contributed by atoms with E-state index in [0.29, 0.717) is 48.1 Å². The topological polar surface area (TPSA) is 178 Å². The summed E-state index contributed by atoms with van der Waals surface area (Å²) >= 11 is 0. The summed E-state index contributed by atoms with van der Waals surface area (Å²) in [5, 5.41) is 29.9. The fraction of sp³-hybridized carbons (Fsp3) is 0.462. The number of rotatable bonds is 5. The van der Waals surface area contributed by atoms with E-state index in [2.05, 4.69) is 26.8 Å². The lowest BCUT2D eigenvalue weighted by atomic mass is 9.94. The second kappa shape index (κ2) is 11.4. The van der Waals surface area contributed by atoms with E-state index in [-0.39, 0.29) is 11.6 Å². The van der Waals surface area contributed by atoms with Crippen LogP contribution in [0.25, 0.3) is 11.2 Å². The third kappa shape index (κ3) is 5.45. The maximum Gasteiger partial charge on any atom is 0.415 e. The molecule has 206 valence electrons. The molecule has 39 heavy (non-hydrogen) atoms. The number of carbonyl (C=O) groups excluding carboxylic acids is 1. The zero-order chi connectivity index (χ0) is 27.5. The summed E-state index contributed by atoms with van der Waals surface area (Å²) in [6, 6.07) is 7.01. The van der Waals surface area contributed by atoms with Crippen LogP contribution in [0.1, 0.15) is 31.3 Å². The molecule has 5 N–H and O–H groups in total. The minimum atomic E-state index is -1.29. The highest BCUT2D eigenvalue weighted by atomic mass is 16.6. The summed E-state index contributed by atoms with van der Waals surface area (Å²) in [5.41, 5.74) is 6.68. The highest BCUT2D eigenvalue weighted by Crippen LogP contribution is 2.32. The number of hydrogen-bond donors (Lipinski definition) is 4. The van der Waals surface area contributed by atoms with Gasteiger partial charge < -0.3 is 40.2 Å². The van der Waals surface area contributed by atoms with E-state index in [1.54, 1.807) is 23.1 Å². The van der Waals surface area contributed by atoms with E-state index < -0.39 is 37.2 Å². The Morgan fingerprint density at radius 1 is 1.18 bits per heavy atom. The van der Waals surface area contributed by atoms with E-state index in [0.717, 1.165) is 12.8 Å². The van der Waals surface area contributed by atoms with Gasteiger partial charge in [-0.15, -0.1) is 0 Å². The Morgan fingerprint density at radius 3 is 2.62 bits per heavy atom. The van der Waals surface area contributed by atoms with Crippen molar-refractivity contribution in [2.75, 3.05) is 32.5 Å². The van der Waals surface area contributed by atoms with Crippen molar-refractivity contribution in [3.63, 3.8) is 0 Å². The number of amides is 1. The molecule has 0 spiro atoms. The zero-order valence-corrected chi connectivity index (χ0v) is 21.3. The van der Waals surface area contributed by atoms with Crippen LogP contribution in [-0.4, -0.2) is 90.9 Å². The lowest BCUT2D eigenvalue weighted by Gasteiger charge is -2.30. The molecule has 0 saturated carbocycles. The molecule has 2 fully saturated rings. The number of nitrogens with zero attached hydrogens (tertiary/aromatic N) is 5. The van der Waals surface area contributed by atoms with Crippen LogP contribution >= 0.6 is 0 Å². The quantitative estimate of drug-likeness (QED) is 0.336. The van der Waals surface area contributed by atoms with Crippen LogP contribution in [0.3, 0.4) is 0 Å². The predicted octanol–water partition coefficient (Wildman–Crippen LogP) is 0.681. The Balaban J connectivity index is 1.20. The van der Waals surface area contributed by atoms with Crippen molar-refractivity contribution in [2.24, 2.45) is 5.92 Å². The van der Waals surface area contributed by atoms with Gasteiger partial charge in [-0.3, -0.25) is 4.57 Å². The molecule has 0 bridgehead atoms. The van der Waals surface area contributed by atoms with Crippen molar-refractivity contribution in [1.29, 1.82) is 0 Å². The average Bonchev–Trinajstić information content (AvgIpc) is 3.49. The van der Waals surface area contributed by atoms with Crippen molar-refractivity contribution in [2.45, 2.75) is 43.8 Å². The number of methoxy groups -OCH3 is 1. The lowest BCUT2D eigenvalue weighted by Crippen LogP contribution is -2.40. The molecule has 0 radical (unpaired) electrons. The summed E-state index contributed by atoms with van der Waals surface area (Å²) in [6.07, 6.45) is -1.37. The van der Waals surface area contributed by atoms with Gasteiger partial charge in [-0.05, 0) is 36.8 Å². The van der Waals surface area contributed by atoms with Gasteiger partial charge in [-0.1, -0.05) is 18.1 Å². The maximum atomic E-state index is 12.6. The Kier molecular flexibility index (Phi) is 7.80. The van der Waals surface area contributed by atoms with Gasteiger partial charge in [0.05, 0.1) is 20.0 Å². The number of piperidine rings is 1. The van der Waals surface area contributed by atoms with E-state index in [9.17, 15) is 20.1 Å². The molecule has 4 heterocycles. The zero-order valence-electron chi connectivity index (χ0n) is 21.3. The molecule has 13 heteroatoms. The molecule has 1 amide bonds. The van der Waals surface area contributed by atoms with E-state index in [1.807, 2.05) is 6.07 Å². The normalized spacial score (nSPS) is 23.4. The molecule has 13 nitrogen and oxygen atoms in total. The number of nitrogen functional groups attached to an aromatic ring is 1. The molecular weight excluding hydrogens is 508 g/mol. The first-order valence-electron chi connectivity index (χ1n) is 12.6. The molecule has 4 atom stereocenters. The highest BCUT2D eigenvalue weighted by molar-refractivity contribution is 5.82. The number of aromatic nitrogens is 4. The Hall–Kier alpha value is -3.96. The van der Waals surface area contributed by atoms with Gasteiger partial charge in [-0.2, -0.15) is 0 Å². The number of ether oxygens (including phenoxy) is 3. The van der Waals surface area contributed by atoms with Crippen LogP contribution in [-0.2, 0) is 4.74 Å². The van der Waals surface area contributed by atoms with Crippen LogP contribution in [0.15, 0.2) is 30.6 Å². The van der Waals surface area contributed by atoms with Crippen molar-refractivity contribution in [3.05, 3.63) is 36.4 Å². The molecule has 1 aromatic carbocycles. The van der Waals surface area contributed by atoms with E-state index in [4.69, 9.17) is 19.9 Å². The number of benzene rings is 1. The van der Waals surface area contributed by atoms with Crippen molar-refractivity contribution >= 4 is 23.1 Å². The summed E-state index contributed by atoms with van der Waals surface area (Å²) in [7, 11) is 1.53. The van der Waals surface area contributed by atoms with Crippen LogP contribution < -0.4 is 15.2 Å². The maximum absolute atomic E-state index is 12.6. The van der Waals surface area contributed by atoms with Crippen LogP contribution in [0.5, 0.6) is 11.5 Å². The molecule has 2 saturated heterocycles. The van der Waals surface area contributed by atoms with Crippen molar-refractivity contribution in [1.82, 2.24) is 24.4 Å². The van der Waals surface area contributed by atoms with Gasteiger partial charge >= 0.3 is 6.09 Å². The molecule has 2 unspecified atom stereocenters. The average molecular weight is 539 g/mol. The Morgan fingerprint density at radius 2 is 1.92 bits per heavy atom. The summed E-state index contributed by atoms with van der Waals surface area (Å²) in [4.78, 5) is 27.1. The van der Waals surface area contributed by atoms with Gasteiger partial charge in [0.25, 0.3) is 0 Å². The summed E-state index contributed by atoms with van der Waals surface area (Å²) < 4.78 is 17.8. The first kappa shape index (κ1) is 26.6. The minimum absolute atomic E-state index is 0.122. The largest absolute Gasteiger partial charge is 0.493 e. The number of para-hydroxylation sites is 2. The van der Waals surface area contributed by atoms with E-state index >= 15 is 0 Å². The Labute approximate surface area is 224 Å². The monoisotopic (exact) mass is 538 g/mol. The summed E-state index contributed by atoms with van der Waals surface area (Å²) in [6.45, 7) is 0.662. The molecular formula is C26H30N6O7. The Bertz CT molecular complexity index is 1390. The predicted molar refractivity (Wildman–Crippen MR) is 138 cm³/mol. The molecule has 3 aromatic rings. The number of likely N-dealkylation sites (tertiary alicyclic amines) is 1. The number of hydrogen-bond acceptors (Lipinski definition) is 11. The number of aliphatic hydroxyl groups is 3. The third-order valence-electron chi connectivity index (χ3n) is 6.97. The fourth-order valence-electron chi connectivity index (χ4n) is 4.75. The minimum Gasteiger partial charge on any atom is -0.493 e. The number of fused-ring (bicyclic) bond motifs is 1. The second-order valence-corrected chi connectivity index (χ2v) is 9.44. The summed E-state index contributed by atoms with van der Waals surface area (Å²) in [5.74, 6) is 7.54. The number of anilines is 1. The number of imidazole rings is 1. The van der Waals surface area contributed by atoms with Gasteiger partial charge in [0.15, 0.2) is 29.2 Å². The lowest BCUT2D eigenvalue weighted by molar-refractivity contribution is -0.0511. The SMILES string of the molecule is COc1ccccc1OC(=O)N1CCC(CC#Cc2nc(N)c3ncn([C@@H]4O[C@H](CO)C(O)C4O)c3n2)CC1.